The first-order valence-corrected chi connectivity index (χ1v) is 15.2. The van der Waals surface area contributed by atoms with Gasteiger partial charge in [0.15, 0.2) is 0 Å². The van der Waals surface area contributed by atoms with Crippen LogP contribution >= 0.6 is 23.2 Å². The van der Waals surface area contributed by atoms with Gasteiger partial charge in [-0.1, -0.05) is 77.7 Å². The Hall–Kier alpha value is -3.07. The van der Waals surface area contributed by atoms with Crippen LogP contribution in [0.3, 0.4) is 0 Å². The average Bonchev–Trinajstić information content (AvgIpc) is 2.92. The normalized spacial score (nSPS) is 12.9. The topological polar surface area (TPSA) is 86.8 Å². The van der Waals surface area contributed by atoms with E-state index in [0.717, 1.165) is 27.4 Å². The van der Waals surface area contributed by atoms with E-state index in [1.807, 2.05) is 52.0 Å². The van der Waals surface area contributed by atoms with Crippen molar-refractivity contribution in [3.8, 4) is 0 Å². The molecule has 2 atom stereocenters. The highest BCUT2D eigenvalue weighted by atomic mass is 35.5. The molecule has 3 aromatic carbocycles. The van der Waals surface area contributed by atoms with Crippen molar-refractivity contribution in [1.82, 2.24) is 10.2 Å². The lowest BCUT2D eigenvalue weighted by Crippen LogP contribution is -2.52. The predicted molar refractivity (Wildman–Crippen MR) is 161 cm³/mol. The van der Waals surface area contributed by atoms with Crippen molar-refractivity contribution in [1.29, 1.82) is 0 Å². The Balaban J connectivity index is 2.06. The van der Waals surface area contributed by atoms with Gasteiger partial charge in [-0.15, -0.1) is 0 Å². The third-order valence-corrected chi connectivity index (χ3v) is 9.04. The Kier molecular flexibility index (Phi) is 10.6. The van der Waals surface area contributed by atoms with Gasteiger partial charge in [0.2, 0.25) is 11.8 Å². The lowest BCUT2D eigenvalue weighted by Gasteiger charge is -2.32. The Bertz CT molecular complexity index is 1440. The minimum atomic E-state index is -4.24. The molecule has 1 N–H and O–H groups in total. The number of hydrogen-bond donors (Lipinski definition) is 1. The molecule has 0 aliphatic carbocycles. The maximum absolute atomic E-state index is 14.0. The van der Waals surface area contributed by atoms with Crippen LogP contribution in [0.2, 0.25) is 10.0 Å². The minimum absolute atomic E-state index is 0.00501. The number of hydrogen-bond acceptors (Lipinski definition) is 4. The van der Waals surface area contributed by atoms with E-state index in [9.17, 15) is 18.0 Å². The highest BCUT2D eigenvalue weighted by molar-refractivity contribution is 7.92. The monoisotopic (exact) mass is 603 g/mol. The van der Waals surface area contributed by atoms with Gasteiger partial charge in [-0.2, -0.15) is 0 Å². The predicted octanol–water partition coefficient (Wildman–Crippen LogP) is 6.14. The van der Waals surface area contributed by atoms with Gasteiger partial charge < -0.3 is 10.2 Å². The molecule has 0 radical (unpaired) electrons. The van der Waals surface area contributed by atoms with Crippen LogP contribution in [-0.2, 0) is 26.2 Å². The number of halogens is 2. The number of sulfonamides is 1. The fraction of sp³-hybridized carbons (Fsp3) is 0.333. The molecule has 7 nitrogen and oxygen atoms in total. The average molecular weight is 605 g/mol. The van der Waals surface area contributed by atoms with E-state index < -0.39 is 28.5 Å². The maximum atomic E-state index is 14.0. The molecule has 0 aliphatic heterocycles. The fourth-order valence-electron chi connectivity index (χ4n) is 3.97. The molecule has 10 heteroatoms. The van der Waals surface area contributed by atoms with E-state index in [2.05, 4.69) is 5.32 Å². The lowest BCUT2D eigenvalue weighted by atomic mass is 10.1. The van der Waals surface area contributed by atoms with Crippen LogP contribution in [0.1, 0.15) is 43.9 Å². The molecule has 3 rings (SSSR count). The Morgan fingerprint density at radius 3 is 2.05 bits per heavy atom. The largest absolute Gasteiger partial charge is 0.352 e. The van der Waals surface area contributed by atoms with Crippen LogP contribution in [0.4, 0.5) is 5.69 Å². The molecule has 0 aromatic heterocycles. The smallest absolute Gasteiger partial charge is 0.264 e. The molecule has 0 bridgehead atoms. The van der Waals surface area contributed by atoms with Gasteiger partial charge in [0, 0.05) is 17.6 Å². The molecule has 0 unspecified atom stereocenters. The van der Waals surface area contributed by atoms with Crippen LogP contribution in [0, 0.1) is 13.8 Å². The van der Waals surface area contributed by atoms with E-state index in [-0.39, 0.29) is 39.1 Å². The summed E-state index contributed by atoms with van der Waals surface area (Å²) in [6.07, 6.45) is 0.722. The van der Waals surface area contributed by atoms with Crippen molar-refractivity contribution in [2.75, 3.05) is 10.8 Å². The van der Waals surface area contributed by atoms with Crippen molar-refractivity contribution in [2.45, 2.75) is 64.6 Å². The minimum Gasteiger partial charge on any atom is -0.352 e. The third-order valence-electron chi connectivity index (χ3n) is 6.71. The summed E-state index contributed by atoms with van der Waals surface area (Å²) >= 11 is 12.7. The Labute approximate surface area is 247 Å². The molecule has 0 heterocycles. The molecule has 0 spiro atoms. The fourth-order valence-corrected chi connectivity index (χ4v) is 5.83. The zero-order chi connectivity index (χ0) is 29.6. The van der Waals surface area contributed by atoms with Gasteiger partial charge in [-0.05, 0) is 70.0 Å². The Morgan fingerprint density at radius 1 is 0.900 bits per heavy atom. The number of carbonyl (C=O) groups is 2. The van der Waals surface area contributed by atoms with Crippen LogP contribution in [0.5, 0.6) is 0 Å². The second-order valence-corrected chi connectivity index (χ2v) is 12.6. The maximum Gasteiger partial charge on any atom is 0.264 e. The number of amides is 2. The summed E-state index contributed by atoms with van der Waals surface area (Å²) in [6.45, 7) is 8.78. The summed E-state index contributed by atoms with van der Waals surface area (Å²) in [5.74, 6) is -0.900. The summed E-state index contributed by atoms with van der Waals surface area (Å²) in [5.41, 5.74) is 2.80. The summed E-state index contributed by atoms with van der Waals surface area (Å²) in [7, 11) is -4.24. The van der Waals surface area contributed by atoms with E-state index in [0.29, 0.717) is 0 Å². The van der Waals surface area contributed by atoms with E-state index in [1.54, 1.807) is 19.1 Å². The van der Waals surface area contributed by atoms with Gasteiger partial charge in [0.1, 0.15) is 12.6 Å². The van der Waals surface area contributed by atoms with Crippen molar-refractivity contribution < 1.29 is 18.0 Å². The molecular weight excluding hydrogens is 569 g/mol. The van der Waals surface area contributed by atoms with Crippen LogP contribution in [0.25, 0.3) is 0 Å². The first-order chi connectivity index (χ1) is 18.8. The van der Waals surface area contributed by atoms with Gasteiger partial charge in [-0.25, -0.2) is 8.42 Å². The number of anilines is 1. The van der Waals surface area contributed by atoms with Gasteiger partial charge in [0.05, 0.1) is 15.6 Å². The molecule has 0 saturated carbocycles. The van der Waals surface area contributed by atoms with Crippen molar-refractivity contribution >= 4 is 50.7 Å². The quantitative estimate of drug-likeness (QED) is 0.285. The van der Waals surface area contributed by atoms with Crippen LogP contribution < -0.4 is 9.62 Å². The first-order valence-electron chi connectivity index (χ1n) is 13.0. The molecule has 0 aliphatic rings. The highest BCUT2D eigenvalue weighted by Crippen LogP contribution is 2.33. The van der Waals surface area contributed by atoms with Gasteiger partial charge in [0.25, 0.3) is 10.0 Å². The lowest BCUT2D eigenvalue weighted by molar-refractivity contribution is -0.139. The van der Waals surface area contributed by atoms with Gasteiger partial charge in [-0.3, -0.25) is 13.9 Å². The van der Waals surface area contributed by atoms with E-state index >= 15 is 0 Å². The number of nitrogens with zero attached hydrogens (tertiary/aromatic N) is 2. The summed E-state index contributed by atoms with van der Waals surface area (Å²) in [5, 5.41) is 3.29. The highest BCUT2D eigenvalue weighted by Gasteiger charge is 2.33. The van der Waals surface area contributed by atoms with Gasteiger partial charge >= 0.3 is 0 Å². The third kappa shape index (κ3) is 7.77. The van der Waals surface area contributed by atoms with Crippen molar-refractivity contribution in [3.05, 3.63) is 93.5 Å². The molecular formula is C30H35Cl2N3O4S. The van der Waals surface area contributed by atoms with Crippen molar-refractivity contribution in [3.63, 3.8) is 0 Å². The van der Waals surface area contributed by atoms with E-state index in [1.165, 1.54) is 35.2 Å². The molecule has 0 fully saturated rings. The standard InChI is InChI=1S/C30H35Cl2N3O4S/c1-6-22(4)33-30(37)23(5)34(18-24-11-7-20(2)8-12-24)29(36)19-35(28-17-25(31)13-16-27(28)32)40(38,39)26-14-9-21(3)10-15-26/h7-17,22-23H,6,18-19H2,1-5H3,(H,33,37)/t22-,23+/m1/s1. The molecule has 0 saturated heterocycles. The Morgan fingerprint density at radius 2 is 1.48 bits per heavy atom. The van der Waals surface area contributed by atoms with Crippen molar-refractivity contribution in [2.24, 2.45) is 0 Å². The van der Waals surface area contributed by atoms with Crippen LogP contribution in [-0.4, -0.2) is 43.8 Å². The first kappa shape index (κ1) is 31.5. The second kappa shape index (κ2) is 13.5. The molecule has 3 aromatic rings. The number of carbonyl (C=O) groups excluding carboxylic acids is 2. The zero-order valence-electron chi connectivity index (χ0n) is 23.3. The summed E-state index contributed by atoms with van der Waals surface area (Å²) in [6, 6.07) is 17.4. The molecule has 40 heavy (non-hydrogen) atoms. The number of aryl methyl sites for hydroxylation is 2. The molecule has 214 valence electrons. The summed E-state index contributed by atoms with van der Waals surface area (Å²) < 4.78 is 28.8. The van der Waals surface area contributed by atoms with Crippen LogP contribution in [0.15, 0.2) is 71.6 Å². The number of benzene rings is 3. The van der Waals surface area contributed by atoms with E-state index in [4.69, 9.17) is 23.2 Å². The number of nitrogens with one attached hydrogen (secondary N) is 1. The zero-order valence-corrected chi connectivity index (χ0v) is 25.6. The summed E-state index contributed by atoms with van der Waals surface area (Å²) in [4.78, 5) is 28.5. The SMILES string of the molecule is CC[C@@H](C)NC(=O)[C@H](C)N(Cc1ccc(C)cc1)C(=O)CN(c1cc(Cl)ccc1Cl)S(=O)(=O)c1ccc(C)cc1. The molecule has 2 amide bonds. The second-order valence-electron chi connectivity index (χ2n) is 9.92. The number of rotatable bonds is 11.